The van der Waals surface area contributed by atoms with Crippen LogP contribution >= 0.6 is 11.8 Å². The van der Waals surface area contributed by atoms with E-state index in [4.69, 9.17) is 0 Å². The molecule has 98 valence electrons. The molecule has 3 nitrogen and oxygen atoms in total. The van der Waals surface area contributed by atoms with Crippen molar-refractivity contribution in [1.82, 2.24) is 10.3 Å². The van der Waals surface area contributed by atoms with Gasteiger partial charge in [0.2, 0.25) is 5.91 Å². The van der Waals surface area contributed by atoms with Crippen molar-refractivity contribution in [3.8, 4) is 0 Å². The summed E-state index contributed by atoms with van der Waals surface area (Å²) in [7, 11) is 0. The highest BCUT2D eigenvalue weighted by molar-refractivity contribution is 7.99. The molecule has 2 atom stereocenters. The summed E-state index contributed by atoms with van der Waals surface area (Å²) in [4.78, 5) is 16.1. The number of thioether (sulfide) groups is 1. The lowest BCUT2D eigenvalue weighted by Crippen LogP contribution is -2.41. The molecule has 2 rings (SSSR count). The lowest BCUT2D eigenvalue weighted by atomic mass is 9.86. The van der Waals surface area contributed by atoms with Crippen LogP contribution in [-0.4, -0.2) is 22.7 Å². The summed E-state index contributed by atoms with van der Waals surface area (Å²) in [5.74, 6) is 1.20. The van der Waals surface area contributed by atoms with Crippen molar-refractivity contribution in [3.63, 3.8) is 0 Å². The van der Waals surface area contributed by atoms with Gasteiger partial charge in [-0.25, -0.2) is 4.98 Å². The average Bonchev–Trinajstić information content (AvgIpc) is 2.40. The highest BCUT2D eigenvalue weighted by atomic mass is 32.2. The van der Waals surface area contributed by atoms with E-state index in [2.05, 4.69) is 17.2 Å². The quantitative estimate of drug-likeness (QED) is 0.850. The van der Waals surface area contributed by atoms with Gasteiger partial charge in [-0.05, 0) is 30.9 Å². The maximum absolute atomic E-state index is 11.9. The first-order valence-electron chi connectivity index (χ1n) is 6.59. The van der Waals surface area contributed by atoms with Gasteiger partial charge in [-0.2, -0.15) is 0 Å². The van der Waals surface area contributed by atoms with E-state index < -0.39 is 0 Å². The highest BCUT2D eigenvalue weighted by Gasteiger charge is 2.22. The van der Waals surface area contributed by atoms with E-state index in [1.807, 2.05) is 18.2 Å². The van der Waals surface area contributed by atoms with Gasteiger partial charge in [0.1, 0.15) is 0 Å². The van der Waals surface area contributed by atoms with E-state index in [9.17, 15) is 4.79 Å². The van der Waals surface area contributed by atoms with E-state index in [0.717, 1.165) is 11.4 Å². The fraction of sp³-hybridized carbons (Fsp3) is 0.571. The Kier molecular flexibility index (Phi) is 5.05. The van der Waals surface area contributed by atoms with Crippen LogP contribution in [-0.2, 0) is 4.79 Å². The molecule has 0 aromatic carbocycles. The lowest BCUT2D eigenvalue weighted by molar-refractivity contribution is -0.119. The number of rotatable bonds is 4. The van der Waals surface area contributed by atoms with Gasteiger partial charge < -0.3 is 5.32 Å². The minimum atomic E-state index is 0.129. The molecule has 0 saturated heterocycles. The van der Waals surface area contributed by atoms with Crippen LogP contribution in [0.5, 0.6) is 0 Å². The first kappa shape index (κ1) is 13.4. The van der Waals surface area contributed by atoms with Crippen LogP contribution in [0.15, 0.2) is 29.4 Å². The predicted molar refractivity (Wildman–Crippen MR) is 74.5 cm³/mol. The number of nitrogens with zero attached hydrogens (tertiary/aromatic N) is 1. The zero-order valence-electron chi connectivity index (χ0n) is 10.8. The molecule has 0 unspecified atom stereocenters. The van der Waals surface area contributed by atoms with E-state index in [-0.39, 0.29) is 5.91 Å². The Morgan fingerprint density at radius 2 is 2.28 bits per heavy atom. The largest absolute Gasteiger partial charge is 0.352 e. The van der Waals surface area contributed by atoms with Gasteiger partial charge in [0, 0.05) is 12.2 Å². The van der Waals surface area contributed by atoms with Gasteiger partial charge >= 0.3 is 0 Å². The topological polar surface area (TPSA) is 42.0 Å². The number of pyridine rings is 1. The van der Waals surface area contributed by atoms with E-state index in [0.29, 0.717) is 17.7 Å². The van der Waals surface area contributed by atoms with Crippen molar-refractivity contribution in [2.75, 3.05) is 5.75 Å². The van der Waals surface area contributed by atoms with Crippen molar-refractivity contribution in [3.05, 3.63) is 24.4 Å². The zero-order chi connectivity index (χ0) is 12.8. The number of amides is 1. The molecule has 0 spiro atoms. The Morgan fingerprint density at radius 1 is 1.44 bits per heavy atom. The van der Waals surface area contributed by atoms with Gasteiger partial charge in [-0.15, -0.1) is 0 Å². The standard InChI is InChI=1S/C14H20N2OS/c1-11-6-2-3-7-12(11)16-13(17)10-18-14-8-4-5-9-15-14/h4-5,8-9,11-12H,2-3,6-7,10H2,1H3,(H,16,17)/t11-,12+/m1/s1. The Morgan fingerprint density at radius 3 is 3.00 bits per heavy atom. The number of carbonyl (C=O) groups excluding carboxylic acids is 1. The molecule has 1 aliphatic rings. The highest BCUT2D eigenvalue weighted by Crippen LogP contribution is 2.24. The van der Waals surface area contributed by atoms with E-state index in [1.165, 1.54) is 31.0 Å². The van der Waals surface area contributed by atoms with Crippen LogP contribution in [0.1, 0.15) is 32.6 Å². The van der Waals surface area contributed by atoms with Gasteiger partial charge in [0.05, 0.1) is 10.8 Å². The Bertz CT molecular complexity index is 383. The molecular formula is C14H20N2OS. The van der Waals surface area contributed by atoms with Crippen LogP contribution < -0.4 is 5.32 Å². The van der Waals surface area contributed by atoms with Crippen LogP contribution in [0.25, 0.3) is 0 Å². The van der Waals surface area contributed by atoms with E-state index in [1.54, 1.807) is 6.20 Å². The van der Waals surface area contributed by atoms with Gasteiger partial charge in [-0.3, -0.25) is 4.79 Å². The monoisotopic (exact) mass is 264 g/mol. The molecule has 0 bridgehead atoms. The minimum absolute atomic E-state index is 0.129. The molecule has 1 aliphatic carbocycles. The summed E-state index contributed by atoms with van der Waals surface area (Å²) in [5.41, 5.74) is 0. The molecular weight excluding hydrogens is 244 g/mol. The molecule has 1 N–H and O–H groups in total. The Labute approximate surface area is 113 Å². The normalized spacial score (nSPS) is 23.6. The van der Waals surface area contributed by atoms with Crippen molar-refractivity contribution in [2.45, 2.75) is 43.7 Å². The first-order valence-corrected chi connectivity index (χ1v) is 7.57. The predicted octanol–water partition coefficient (Wildman–Crippen LogP) is 2.87. The minimum Gasteiger partial charge on any atom is -0.352 e. The SMILES string of the molecule is C[C@@H]1CCCC[C@@H]1NC(=O)CSc1ccccn1. The maximum Gasteiger partial charge on any atom is 0.230 e. The van der Waals surface area contributed by atoms with Crippen molar-refractivity contribution < 1.29 is 4.79 Å². The van der Waals surface area contributed by atoms with Crippen molar-refractivity contribution in [1.29, 1.82) is 0 Å². The summed E-state index contributed by atoms with van der Waals surface area (Å²) >= 11 is 1.50. The molecule has 1 aromatic heterocycles. The molecule has 0 aliphatic heterocycles. The molecule has 1 saturated carbocycles. The second kappa shape index (κ2) is 6.78. The molecule has 1 heterocycles. The zero-order valence-corrected chi connectivity index (χ0v) is 11.6. The Balaban J connectivity index is 1.75. The molecule has 1 amide bonds. The molecule has 4 heteroatoms. The lowest BCUT2D eigenvalue weighted by Gasteiger charge is -2.29. The second-order valence-corrected chi connectivity index (χ2v) is 5.89. The number of carbonyl (C=O) groups is 1. The maximum atomic E-state index is 11.9. The molecule has 0 radical (unpaired) electrons. The van der Waals surface area contributed by atoms with Gasteiger partial charge in [-0.1, -0.05) is 37.6 Å². The third-order valence-electron chi connectivity index (χ3n) is 3.45. The van der Waals surface area contributed by atoms with Crippen LogP contribution in [0, 0.1) is 5.92 Å². The summed E-state index contributed by atoms with van der Waals surface area (Å²) in [6, 6.07) is 6.13. The van der Waals surface area contributed by atoms with Crippen molar-refractivity contribution in [2.24, 2.45) is 5.92 Å². The number of hydrogen-bond donors (Lipinski definition) is 1. The van der Waals surface area contributed by atoms with Gasteiger partial charge in [0.25, 0.3) is 0 Å². The fourth-order valence-electron chi connectivity index (χ4n) is 2.35. The van der Waals surface area contributed by atoms with Gasteiger partial charge in [0.15, 0.2) is 0 Å². The van der Waals surface area contributed by atoms with Crippen LogP contribution in [0.3, 0.4) is 0 Å². The van der Waals surface area contributed by atoms with Crippen LogP contribution in [0.2, 0.25) is 0 Å². The molecule has 18 heavy (non-hydrogen) atoms. The number of aromatic nitrogens is 1. The number of hydrogen-bond acceptors (Lipinski definition) is 3. The summed E-state index contributed by atoms with van der Waals surface area (Å²) < 4.78 is 0. The van der Waals surface area contributed by atoms with Crippen molar-refractivity contribution >= 4 is 17.7 Å². The second-order valence-electron chi connectivity index (χ2n) is 4.89. The summed E-state index contributed by atoms with van der Waals surface area (Å²) in [5, 5.41) is 4.06. The third-order valence-corrected chi connectivity index (χ3v) is 4.39. The fourth-order valence-corrected chi connectivity index (χ4v) is 3.02. The average molecular weight is 264 g/mol. The summed E-state index contributed by atoms with van der Waals surface area (Å²) in [6.07, 6.45) is 6.65. The Hall–Kier alpha value is -1.03. The third kappa shape index (κ3) is 4.02. The molecule has 1 aromatic rings. The smallest absolute Gasteiger partial charge is 0.230 e. The van der Waals surface area contributed by atoms with Crippen LogP contribution in [0.4, 0.5) is 0 Å². The van der Waals surface area contributed by atoms with E-state index >= 15 is 0 Å². The molecule has 1 fully saturated rings. The number of nitrogens with one attached hydrogen (secondary N) is 1. The summed E-state index contributed by atoms with van der Waals surface area (Å²) in [6.45, 7) is 2.23. The first-order chi connectivity index (χ1) is 8.75.